The zero-order valence-corrected chi connectivity index (χ0v) is 13.5. The second-order valence-corrected chi connectivity index (χ2v) is 4.32. The number of rotatable bonds is 8. The molecular formula is C12H26IN3O2. The Morgan fingerprint density at radius 2 is 2.06 bits per heavy atom. The maximum Gasteiger partial charge on any atom is 0.188 e. The fourth-order valence-electron chi connectivity index (χ4n) is 1.91. The highest BCUT2D eigenvalue weighted by Gasteiger charge is 2.14. The molecule has 0 aliphatic heterocycles. The standard InChI is InChI=1S/C12H25N3O2.HI/c1-16-10-8-15-12(13)14-7-4-9-17-11-5-2-3-6-11;/h11H,2-10H2,1H3,(H3,13,14,15);1H. The summed E-state index contributed by atoms with van der Waals surface area (Å²) < 4.78 is 10.6. The van der Waals surface area contributed by atoms with Crippen molar-refractivity contribution in [2.45, 2.75) is 38.2 Å². The van der Waals surface area contributed by atoms with Crippen molar-refractivity contribution in [1.29, 1.82) is 0 Å². The van der Waals surface area contributed by atoms with Gasteiger partial charge in [-0.05, 0) is 19.3 Å². The van der Waals surface area contributed by atoms with Gasteiger partial charge in [-0.25, -0.2) is 0 Å². The molecule has 6 heteroatoms. The molecule has 5 nitrogen and oxygen atoms in total. The Balaban J connectivity index is 0.00000289. The molecule has 1 aliphatic carbocycles. The van der Waals surface area contributed by atoms with Crippen LogP contribution in [0, 0.1) is 0 Å². The third-order valence-corrected chi connectivity index (χ3v) is 2.85. The summed E-state index contributed by atoms with van der Waals surface area (Å²) in [6.07, 6.45) is 6.52. The summed E-state index contributed by atoms with van der Waals surface area (Å²) in [7, 11) is 1.66. The number of methoxy groups -OCH3 is 1. The number of ether oxygens (including phenoxy) is 2. The average molecular weight is 371 g/mol. The van der Waals surface area contributed by atoms with Crippen LogP contribution >= 0.6 is 24.0 Å². The number of guanidine groups is 1. The largest absolute Gasteiger partial charge is 0.383 e. The molecule has 0 aromatic heterocycles. The van der Waals surface area contributed by atoms with Gasteiger partial charge in [-0.3, -0.25) is 4.99 Å². The number of halogens is 1. The Morgan fingerprint density at radius 1 is 1.33 bits per heavy atom. The van der Waals surface area contributed by atoms with Crippen LogP contribution in [0.2, 0.25) is 0 Å². The summed E-state index contributed by atoms with van der Waals surface area (Å²) in [4.78, 5) is 4.21. The van der Waals surface area contributed by atoms with Crippen molar-refractivity contribution >= 4 is 29.9 Å². The first-order chi connectivity index (χ1) is 8.33. The summed E-state index contributed by atoms with van der Waals surface area (Å²) in [5.41, 5.74) is 5.66. The predicted octanol–water partition coefficient (Wildman–Crippen LogP) is 1.50. The van der Waals surface area contributed by atoms with Gasteiger partial charge in [0, 0.05) is 26.8 Å². The first-order valence-corrected chi connectivity index (χ1v) is 6.47. The zero-order valence-electron chi connectivity index (χ0n) is 11.2. The minimum absolute atomic E-state index is 0. The number of hydrogen-bond acceptors (Lipinski definition) is 3. The van der Waals surface area contributed by atoms with Gasteiger partial charge < -0.3 is 20.5 Å². The Morgan fingerprint density at radius 3 is 2.72 bits per heavy atom. The van der Waals surface area contributed by atoms with Gasteiger partial charge in [0.15, 0.2) is 5.96 Å². The molecule has 0 bridgehead atoms. The topological polar surface area (TPSA) is 68.9 Å². The van der Waals surface area contributed by atoms with Gasteiger partial charge in [0.25, 0.3) is 0 Å². The van der Waals surface area contributed by atoms with Gasteiger partial charge in [0.2, 0.25) is 0 Å². The molecule has 1 rings (SSSR count). The van der Waals surface area contributed by atoms with E-state index in [0.717, 1.165) is 19.6 Å². The molecule has 0 radical (unpaired) electrons. The van der Waals surface area contributed by atoms with Crippen molar-refractivity contribution in [1.82, 2.24) is 5.32 Å². The fraction of sp³-hybridized carbons (Fsp3) is 0.917. The van der Waals surface area contributed by atoms with Crippen molar-refractivity contribution in [2.24, 2.45) is 10.7 Å². The molecule has 108 valence electrons. The summed E-state index contributed by atoms with van der Waals surface area (Å²) in [6.45, 7) is 2.85. The van der Waals surface area contributed by atoms with E-state index in [1.165, 1.54) is 25.7 Å². The van der Waals surface area contributed by atoms with Gasteiger partial charge >= 0.3 is 0 Å². The summed E-state index contributed by atoms with van der Waals surface area (Å²) in [6, 6.07) is 0. The second-order valence-electron chi connectivity index (χ2n) is 4.32. The van der Waals surface area contributed by atoms with E-state index in [1.54, 1.807) is 7.11 Å². The second kappa shape index (κ2) is 12.0. The van der Waals surface area contributed by atoms with Crippen LogP contribution in [0.25, 0.3) is 0 Å². The Bertz CT molecular complexity index is 221. The van der Waals surface area contributed by atoms with Crippen LogP contribution in [0.15, 0.2) is 4.99 Å². The lowest BCUT2D eigenvalue weighted by molar-refractivity contribution is 0.0579. The van der Waals surface area contributed by atoms with Gasteiger partial charge in [-0.15, -0.1) is 24.0 Å². The van der Waals surface area contributed by atoms with Crippen LogP contribution in [0.3, 0.4) is 0 Å². The van der Waals surface area contributed by atoms with E-state index in [-0.39, 0.29) is 24.0 Å². The Kier molecular flexibility index (Phi) is 11.9. The number of hydrogen-bond donors (Lipinski definition) is 2. The molecule has 1 aliphatic rings. The molecule has 18 heavy (non-hydrogen) atoms. The number of nitrogens with two attached hydrogens (primary N) is 1. The molecule has 0 heterocycles. The lowest BCUT2D eigenvalue weighted by Crippen LogP contribution is -2.34. The summed E-state index contributed by atoms with van der Waals surface area (Å²) >= 11 is 0. The van der Waals surface area contributed by atoms with E-state index in [4.69, 9.17) is 15.2 Å². The van der Waals surface area contributed by atoms with E-state index in [1.807, 2.05) is 0 Å². The highest BCUT2D eigenvalue weighted by Crippen LogP contribution is 2.20. The first kappa shape index (κ1) is 17.9. The molecule has 0 unspecified atom stereocenters. The SMILES string of the molecule is COCCNC(N)=NCCCOC1CCCC1.I. The lowest BCUT2D eigenvalue weighted by Gasteiger charge is -2.10. The predicted molar refractivity (Wildman–Crippen MR) is 84.6 cm³/mol. The van der Waals surface area contributed by atoms with E-state index in [0.29, 0.717) is 25.2 Å². The van der Waals surface area contributed by atoms with Gasteiger partial charge in [-0.2, -0.15) is 0 Å². The minimum atomic E-state index is 0. The third kappa shape index (κ3) is 8.93. The van der Waals surface area contributed by atoms with Crippen LogP contribution < -0.4 is 11.1 Å². The van der Waals surface area contributed by atoms with Crippen LogP contribution in [0.1, 0.15) is 32.1 Å². The molecule has 3 N–H and O–H groups in total. The molecule has 0 saturated heterocycles. The van der Waals surface area contributed by atoms with Crippen molar-refractivity contribution in [3.05, 3.63) is 0 Å². The highest BCUT2D eigenvalue weighted by atomic mass is 127. The van der Waals surface area contributed by atoms with Crippen molar-refractivity contribution in [3.8, 4) is 0 Å². The highest BCUT2D eigenvalue weighted by molar-refractivity contribution is 14.0. The van der Waals surface area contributed by atoms with E-state index < -0.39 is 0 Å². The molecule has 0 spiro atoms. The maximum absolute atomic E-state index is 5.73. The van der Waals surface area contributed by atoms with Crippen molar-refractivity contribution in [3.63, 3.8) is 0 Å². The molecule has 1 saturated carbocycles. The third-order valence-electron chi connectivity index (χ3n) is 2.85. The minimum Gasteiger partial charge on any atom is -0.383 e. The Labute approximate surface area is 127 Å². The average Bonchev–Trinajstić information content (AvgIpc) is 2.82. The zero-order chi connectivity index (χ0) is 12.3. The summed E-state index contributed by atoms with van der Waals surface area (Å²) in [5.74, 6) is 0.489. The molecular weight excluding hydrogens is 345 g/mol. The Hall–Kier alpha value is -0.0800. The van der Waals surface area contributed by atoms with Crippen LogP contribution in [-0.2, 0) is 9.47 Å². The van der Waals surface area contributed by atoms with Gasteiger partial charge in [-0.1, -0.05) is 12.8 Å². The number of nitrogens with zero attached hydrogens (tertiary/aromatic N) is 1. The van der Waals surface area contributed by atoms with Crippen LogP contribution in [0.5, 0.6) is 0 Å². The normalized spacial score (nSPS) is 16.6. The monoisotopic (exact) mass is 371 g/mol. The summed E-state index contributed by atoms with van der Waals surface area (Å²) in [5, 5.41) is 2.98. The van der Waals surface area contributed by atoms with E-state index >= 15 is 0 Å². The molecule has 0 aromatic rings. The first-order valence-electron chi connectivity index (χ1n) is 6.47. The fourth-order valence-corrected chi connectivity index (χ4v) is 1.91. The lowest BCUT2D eigenvalue weighted by atomic mass is 10.3. The molecule has 0 atom stereocenters. The smallest absolute Gasteiger partial charge is 0.188 e. The van der Waals surface area contributed by atoms with Crippen molar-refractivity contribution in [2.75, 3.05) is 33.4 Å². The molecule has 0 aromatic carbocycles. The van der Waals surface area contributed by atoms with Gasteiger partial charge in [0.1, 0.15) is 0 Å². The van der Waals surface area contributed by atoms with Crippen LogP contribution in [0.4, 0.5) is 0 Å². The number of nitrogens with one attached hydrogen (secondary N) is 1. The quantitative estimate of drug-likeness (QED) is 0.294. The molecule has 1 fully saturated rings. The van der Waals surface area contributed by atoms with E-state index in [2.05, 4.69) is 10.3 Å². The van der Waals surface area contributed by atoms with Gasteiger partial charge in [0.05, 0.1) is 12.7 Å². The number of aliphatic imine (C=N–C) groups is 1. The van der Waals surface area contributed by atoms with Crippen LogP contribution in [-0.4, -0.2) is 45.5 Å². The molecule has 0 amide bonds. The van der Waals surface area contributed by atoms with Crippen molar-refractivity contribution < 1.29 is 9.47 Å². The van der Waals surface area contributed by atoms with E-state index in [9.17, 15) is 0 Å². The maximum atomic E-state index is 5.73.